The molecule has 0 radical (unpaired) electrons. The van der Waals surface area contributed by atoms with Crippen molar-refractivity contribution in [3.8, 4) is 0 Å². The summed E-state index contributed by atoms with van der Waals surface area (Å²) in [5.41, 5.74) is 0.520. The number of carboxylic acid groups (broad SMARTS) is 1. The van der Waals surface area contributed by atoms with Gasteiger partial charge in [0.15, 0.2) is 6.17 Å². The largest absolute Gasteiger partial charge is 0.481 e. The Kier molecular flexibility index (Phi) is 8.11. The third-order valence-electron chi connectivity index (χ3n) is 5.79. The lowest BCUT2D eigenvalue weighted by Crippen LogP contribution is -2.54. The number of thiophene rings is 1. The lowest BCUT2D eigenvalue weighted by molar-refractivity contribution is -0.138. The summed E-state index contributed by atoms with van der Waals surface area (Å²) in [5, 5.41) is 14.2. The zero-order chi connectivity index (χ0) is 26.7. The molecular weight excluding hydrogens is 544 g/mol. The van der Waals surface area contributed by atoms with Crippen LogP contribution in [0.25, 0.3) is 0 Å². The van der Waals surface area contributed by atoms with Gasteiger partial charge in [-0.15, -0.1) is 11.3 Å². The summed E-state index contributed by atoms with van der Waals surface area (Å²) in [6, 6.07) is 11.6. The molecule has 0 saturated carbocycles. The average Bonchev–Trinajstić information content (AvgIpc) is 3.55. The molecule has 0 spiro atoms. The quantitative estimate of drug-likeness (QED) is 0.441. The lowest BCUT2D eigenvalue weighted by atomic mass is 10.0. The van der Waals surface area contributed by atoms with Crippen LogP contribution in [0.3, 0.4) is 0 Å². The number of carbonyl (C=O) groups is 4. The highest BCUT2D eigenvalue weighted by Gasteiger charge is 2.44. The number of rotatable bonds is 7. The Bertz CT molecular complexity index is 1340. The molecule has 2 unspecified atom stereocenters. The number of hydrogen-bond donors (Lipinski definition) is 2. The smallest absolute Gasteiger partial charge is 0.305 e. The van der Waals surface area contributed by atoms with Crippen molar-refractivity contribution in [2.24, 2.45) is 0 Å². The predicted molar refractivity (Wildman–Crippen MR) is 136 cm³/mol. The van der Waals surface area contributed by atoms with Crippen LogP contribution in [-0.2, 0) is 9.59 Å². The van der Waals surface area contributed by atoms with Crippen LogP contribution in [0, 0.1) is 5.82 Å². The molecule has 1 aromatic heterocycles. The Balaban J connectivity index is 1.67. The second-order valence-corrected chi connectivity index (χ2v) is 9.95. The van der Waals surface area contributed by atoms with Crippen LogP contribution in [0.4, 0.5) is 4.39 Å². The molecule has 8 nitrogen and oxygen atoms in total. The third kappa shape index (κ3) is 5.93. The van der Waals surface area contributed by atoms with Gasteiger partial charge in [0.2, 0.25) is 0 Å². The van der Waals surface area contributed by atoms with Gasteiger partial charge in [0, 0.05) is 18.7 Å². The molecule has 2 atom stereocenters. The van der Waals surface area contributed by atoms with Gasteiger partial charge in [-0.25, -0.2) is 4.39 Å². The summed E-state index contributed by atoms with van der Waals surface area (Å²) in [7, 11) is 0. The van der Waals surface area contributed by atoms with Crippen LogP contribution >= 0.6 is 34.5 Å². The highest BCUT2D eigenvalue weighted by molar-refractivity contribution is 7.12. The molecule has 37 heavy (non-hydrogen) atoms. The normalized spacial score (nSPS) is 15.9. The maximum atomic E-state index is 13.6. The molecule has 4 rings (SSSR count). The topological polar surface area (TPSA) is 107 Å². The molecule has 1 aliphatic heterocycles. The van der Waals surface area contributed by atoms with E-state index < -0.39 is 48.1 Å². The predicted octanol–water partition coefficient (Wildman–Crippen LogP) is 4.45. The van der Waals surface area contributed by atoms with E-state index in [0.717, 1.165) is 12.1 Å². The second-order valence-electron chi connectivity index (χ2n) is 8.19. The van der Waals surface area contributed by atoms with Crippen LogP contribution < -0.4 is 5.32 Å². The fourth-order valence-corrected chi connectivity index (χ4v) is 5.02. The number of aliphatic carboxylic acids is 1. The number of benzene rings is 2. The van der Waals surface area contributed by atoms with Crippen molar-refractivity contribution < 1.29 is 28.7 Å². The van der Waals surface area contributed by atoms with Crippen molar-refractivity contribution in [2.75, 3.05) is 13.1 Å². The van der Waals surface area contributed by atoms with Crippen LogP contribution in [0.15, 0.2) is 60.0 Å². The number of amides is 3. The van der Waals surface area contributed by atoms with Crippen LogP contribution in [0.2, 0.25) is 10.0 Å². The van der Waals surface area contributed by atoms with Crippen LogP contribution in [-0.4, -0.2) is 57.9 Å². The molecule has 1 aliphatic rings. The van der Waals surface area contributed by atoms with Crippen molar-refractivity contribution in [2.45, 2.75) is 18.6 Å². The van der Waals surface area contributed by atoms with E-state index in [4.69, 9.17) is 23.2 Å². The number of nitrogens with one attached hydrogen (secondary N) is 1. The van der Waals surface area contributed by atoms with E-state index in [1.54, 1.807) is 17.5 Å². The van der Waals surface area contributed by atoms with Crippen molar-refractivity contribution in [1.82, 2.24) is 15.1 Å². The highest BCUT2D eigenvalue weighted by atomic mass is 35.5. The van der Waals surface area contributed by atoms with Gasteiger partial charge in [-0.3, -0.25) is 19.2 Å². The minimum atomic E-state index is -1.37. The summed E-state index contributed by atoms with van der Waals surface area (Å²) < 4.78 is 13.4. The summed E-state index contributed by atoms with van der Waals surface area (Å²) in [6.45, 7) is 0.121. The SMILES string of the molecule is O=C(O)CC(NC(=O)C1N(C(=O)c2ccc(Cl)c(Cl)c2)CCN1C(=O)c1cccs1)c1ccc(F)cc1. The van der Waals surface area contributed by atoms with Gasteiger partial charge in [0.25, 0.3) is 17.7 Å². The molecule has 1 fully saturated rings. The first-order chi connectivity index (χ1) is 17.7. The minimum absolute atomic E-state index is 0.0500. The standard InChI is InChI=1S/C25H20Cl2FN3O5S/c26-17-8-5-15(12-18(17)27)24(35)30-9-10-31(25(36)20-2-1-11-37-20)23(30)22(34)29-19(13-21(32)33)14-3-6-16(28)7-4-14/h1-8,11-12,19,23H,9-10,13H2,(H,29,34)(H,32,33). The number of nitrogens with zero attached hydrogens (tertiary/aromatic N) is 2. The number of carbonyl (C=O) groups excluding carboxylic acids is 3. The van der Waals surface area contributed by atoms with Crippen molar-refractivity contribution in [1.29, 1.82) is 0 Å². The Morgan fingerprint density at radius 1 is 1.00 bits per heavy atom. The van der Waals surface area contributed by atoms with E-state index in [1.165, 1.54) is 51.5 Å². The van der Waals surface area contributed by atoms with Crippen molar-refractivity contribution >= 4 is 58.2 Å². The summed E-state index contributed by atoms with van der Waals surface area (Å²) >= 11 is 13.2. The number of hydrogen-bond acceptors (Lipinski definition) is 5. The van der Waals surface area contributed by atoms with Gasteiger partial charge in [0.1, 0.15) is 5.82 Å². The Morgan fingerprint density at radius 3 is 2.27 bits per heavy atom. The maximum Gasteiger partial charge on any atom is 0.305 e. The number of carboxylic acids is 1. The van der Waals surface area contributed by atoms with Crippen LogP contribution in [0.5, 0.6) is 0 Å². The van der Waals surface area contributed by atoms with Gasteiger partial charge in [-0.05, 0) is 47.3 Å². The van der Waals surface area contributed by atoms with E-state index in [2.05, 4.69) is 5.32 Å². The minimum Gasteiger partial charge on any atom is -0.481 e. The zero-order valence-corrected chi connectivity index (χ0v) is 21.4. The lowest BCUT2D eigenvalue weighted by Gasteiger charge is -2.30. The van der Waals surface area contributed by atoms with Crippen LogP contribution in [0.1, 0.15) is 38.1 Å². The first kappa shape index (κ1) is 26.6. The average molecular weight is 564 g/mol. The monoisotopic (exact) mass is 563 g/mol. The molecule has 2 aromatic carbocycles. The van der Waals surface area contributed by atoms with E-state index in [9.17, 15) is 28.7 Å². The molecule has 3 aromatic rings. The molecule has 3 amide bonds. The Morgan fingerprint density at radius 2 is 1.68 bits per heavy atom. The van der Waals surface area contributed by atoms with E-state index in [-0.39, 0.29) is 28.7 Å². The van der Waals surface area contributed by atoms with E-state index in [0.29, 0.717) is 10.4 Å². The molecule has 2 N–H and O–H groups in total. The molecule has 192 valence electrons. The zero-order valence-electron chi connectivity index (χ0n) is 19.1. The molecule has 0 bridgehead atoms. The van der Waals surface area contributed by atoms with E-state index >= 15 is 0 Å². The van der Waals surface area contributed by atoms with Gasteiger partial charge >= 0.3 is 5.97 Å². The molecule has 2 heterocycles. The molecule has 12 heteroatoms. The van der Waals surface area contributed by atoms with E-state index in [1.807, 2.05) is 0 Å². The Hall–Kier alpha value is -3.47. The Labute approximate surface area is 225 Å². The van der Waals surface area contributed by atoms with Crippen molar-refractivity contribution in [3.63, 3.8) is 0 Å². The van der Waals surface area contributed by atoms with Gasteiger partial charge in [-0.1, -0.05) is 41.4 Å². The first-order valence-electron chi connectivity index (χ1n) is 11.0. The van der Waals surface area contributed by atoms with Crippen molar-refractivity contribution in [3.05, 3.63) is 91.8 Å². The number of halogens is 3. The molecular formula is C25H20Cl2FN3O5S. The maximum absolute atomic E-state index is 13.6. The fraction of sp³-hybridized carbons (Fsp3) is 0.200. The van der Waals surface area contributed by atoms with Gasteiger partial charge in [-0.2, -0.15) is 0 Å². The van der Waals surface area contributed by atoms with Gasteiger partial charge in [0.05, 0.1) is 27.4 Å². The summed E-state index contributed by atoms with van der Waals surface area (Å²) in [6.07, 6.45) is -1.86. The van der Waals surface area contributed by atoms with Gasteiger partial charge < -0.3 is 20.2 Å². The first-order valence-corrected chi connectivity index (χ1v) is 12.7. The molecule has 1 saturated heterocycles. The molecule has 0 aliphatic carbocycles. The summed E-state index contributed by atoms with van der Waals surface area (Å²) in [4.78, 5) is 54.7. The fourth-order valence-electron chi connectivity index (χ4n) is 4.04. The summed E-state index contributed by atoms with van der Waals surface area (Å²) in [5.74, 6) is -3.48. The second kappa shape index (κ2) is 11.3. The highest BCUT2D eigenvalue weighted by Crippen LogP contribution is 2.27. The third-order valence-corrected chi connectivity index (χ3v) is 7.39.